The van der Waals surface area contributed by atoms with Crippen molar-refractivity contribution in [2.75, 3.05) is 6.61 Å². The summed E-state index contributed by atoms with van der Waals surface area (Å²) in [6, 6.07) is 7.61. The highest BCUT2D eigenvalue weighted by Crippen LogP contribution is 2.36. The van der Waals surface area contributed by atoms with E-state index in [1.54, 1.807) is 0 Å². The smallest absolute Gasteiger partial charge is 0.125 e. The number of para-hydroxylation sites is 1. The largest absolute Gasteiger partial charge is 0.491 e. The number of aliphatic hydroxyl groups excluding tert-OH is 1. The van der Waals surface area contributed by atoms with Gasteiger partial charge in [0.2, 0.25) is 0 Å². The molecule has 2 atom stereocenters. The van der Waals surface area contributed by atoms with Gasteiger partial charge in [0, 0.05) is 12.2 Å². The van der Waals surface area contributed by atoms with Gasteiger partial charge in [-0.1, -0.05) is 25.1 Å². The van der Waals surface area contributed by atoms with Gasteiger partial charge in [0.1, 0.15) is 11.9 Å². The highest BCUT2D eigenvalue weighted by atomic mass is 16.5. The molecule has 0 heterocycles. The maximum atomic E-state index is 10.7. The summed E-state index contributed by atoms with van der Waals surface area (Å²) in [6.45, 7) is 10.4. The Hall–Kier alpha value is -1.06. The fourth-order valence-corrected chi connectivity index (χ4v) is 2.10. The molecule has 2 unspecified atom stereocenters. The first-order chi connectivity index (χ1) is 8.94. The van der Waals surface area contributed by atoms with E-state index >= 15 is 0 Å². The zero-order chi connectivity index (χ0) is 14.5. The highest BCUT2D eigenvalue weighted by molar-refractivity contribution is 5.36. The predicted octanol–water partition coefficient (Wildman–Crippen LogP) is 3.71. The van der Waals surface area contributed by atoms with Crippen LogP contribution in [0, 0.1) is 0 Å². The first-order valence-corrected chi connectivity index (χ1v) is 7.02. The normalized spacial score (nSPS) is 16.2. The van der Waals surface area contributed by atoms with E-state index in [1.165, 1.54) is 0 Å². The molecule has 0 saturated heterocycles. The van der Waals surface area contributed by atoms with E-state index in [2.05, 4.69) is 0 Å². The average Bonchev–Trinajstić information content (AvgIpc) is 2.38. The van der Waals surface area contributed by atoms with Crippen LogP contribution in [0.25, 0.3) is 0 Å². The fraction of sp³-hybridized carbons (Fsp3) is 0.625. The number of benzene rings is 1. The van der Waals surface area contributed by atoms with E-state index in [9.17, 15) is 5.11 Å². The number of ether oxygens (including phenoxy) is 2. The summed E-state index contributed by atoms with van der Waals surface area (Å²) in [4.78, 5) is 0. The minimum Gasteiger partial charge on any atom is -0.491 e. The predicted molar refractivity (Wildman–Crippen MR) is 77.5 cm³/mol. The third-order valence-corrected chi connectivity index (χ3v) is 3.33. The van der Waals surface area contributed by atoms with Gasteiger partial charge in [-0.2, -0.15) is 0 Å². The quantitative estimate of drug-likeness (QED) is 0.817. The van der Waals surface area contributed by atoms with Gasteiger partial charge in [0.25, 0.3) is 0 Å². The molecule has 0 aliphatic rings. The van der Waals surface area contributed by atoms with Crippen LogP contribution in [0.4, 0.5) is 0 Å². The molecule has 108 valence electrons. The minimum absolute atomic E-state index is 0.0772. The first kappa shape index (κ1) is 16.0. The Morgan fingerprint density at radius 2 is 1.84 bits per heavy atom. The van der Waals surface area contributed by atoms with Crippen LogP contribution in [0.15, 0.2) is 24.3 Å². The molecule has 19 heavy (non-hydrogen) atoms. The van der Waals surface area contributed by atoms with Crippen molar-refractivity contribution in [2.24, 2.45) is 0 Å². The van der Waals surface area contributed by atoms with Gasteiger partial charge >= 0.3 is 0 Å². The topological polar surface area (TPSA) is 38.7 Å². The second-order valence-corrected chi connectivity index (χ2v) is 5.21. The number of aliphatic hydroxyl groups is 1. The van der Waals surface area contributed by atoms with Crippen molar-refractivity contribution in [3.05, 3.63) is 29.8 Å². The second kappa shape index (κ2) is 6.92. The van der Waals surface area contributed by atoms with Crippen LogP contribution in [0.1, 0.15) is 52.7 Å². The SMILES string of the molecule is CCOC(C)(CC)C(O)c1ccccc1OC(C)C. The lowest BCUT2D eigenvalue weighted by Gasteiger charge is -2.34. The van der Waals surface area contributed by atoms with Crippen molar-refractivity contribution >= 4 is 0 Å². The Bertz CT molecular complexity index is 389. The lowest BCUT2D eigenvalue weighted by molar-refractivity contribution is -0.113. The molecule has 0 aromatic heterocycles. The van der Waals surface area contributed by atoms with Crippen molar-refractivity contribution in [2.45, 2.75) is 58.8 Å². The molecule has 0 aliphatic carbocycles. The third kappa shape index (κ3) is 3.95. The Balaban J connectivity index is 3.07. The van der Waals surface area contributed by atoms with Gasteiger partial charge in [-0.3, -0.25) is 0 Å². The molecule has 1 aromatic carbocycles. The first-order valence-electron chi connectivity index (χ1n) is 7.02. The zero-order valence-electron chi connectivity index (χ0n) is 12.6. The van der Waals surface area contributed by atoms with Crippen LogP contribution in [0.2, 0.25) is 0 Å². The molecule has 0 aliphatic heterocycles. The number of hydrogen-bond donors (Lipinski definition) is 1. The lowest BCUT2D eigenvalue weighted by atomic mass is 9.89. The van der Waals surface area contributed by atoms with Gasteiger partial charge in [-0.25, -0.2) is 0 Å². The van der Waals surface area contributed by atoms with Crippen LogP contribution in [-0.4, -0.2) is 23.4 Å². The molecular formula is C16H26O3. The molecule has 0 amide bonds. The summed E-state index contributed by atoms with van der Waals surface area (Å²) in [6.07, 6.45) is 0.110. The number of rotatable bonds is 7. The van der Waals surface area contributed by atoms with E-state index < -0.39 is 11.7 Å². The Morgan fingerprint density at radius 3 is 2.37 bits per heavy atom. The molecule has 1 rings (SSSR count). The molecule has 0 radical (unpaired) electrons. The Kier molecular flexibility index (Phi) is 5.83. The molecule has 0 spiro atoms. The monoisotopic (exact) mass is 266 g/mol. The van der Waals surface area contributed by atoms with Gasteiger partial charge in [-0.15, -0.1) is 0 Å². The van der Waals surface area contributed by atoms with E-state index in [0.29, 0.717) is 6.61 Å². The summed E-state index contributed by atoms with van der Waals surface area (Å²) >= 11 is 0. The Morgan fingerprint density at radius 1 is 1.21 bits per heavy atom. The highest BCUT2D eigenvalue weighted by Gasteiger charge is 2.34. The summed E-state index contributed by atoms with van der Waals surface area (Å²) < 4.78 is 11.5. The van der Waals surface area contributed by atoms with Crippen molar-refractivity contribution < 1.29 is 14.6 Å². The van der Waals surface area contributed by atoms with E-state index in [4.69, 9.17) is 9.47 Å². The van der Waals surface area contributed by atoms with E-state index in [-0.39, 0.29) is 6.10 Å². The molecule has 1 N–H and O–H groups in total. The molecule has 1 aromatic rings. The molecule has 3 heteroatoms. The van der Waals surface area contributed by atoms with Crippen LogP contribution in [-0.2, 0) is 4.74 Å². The Labute approximate surface area is 116 Å². The third-order valence-electron chi connectivity index (χ3n) is 3.33. The van der Waals surface area contributed by atoms with Gasteiger partial charge in [0.15, 0.2) is 0 Å². The summed E-state index contributed by atoms with van der Waals surface area (Å²) in [5.41, 5.74) is 0.194. The van der Waals surface area contributed by atoms with E-state index in [1.807, 2.05) is 58.9 Å². The molecule has 0 saturated carbocycles. The minimum atomic E-state index is -0.701. The zero-order valence-corrected chi connectivity index (χ0v) is 12.6. The van der Waals surface area contributed by atoms with Gasteiger partial charge in [-0.05, 0) is 40.2 Å². The summed E-state index contributed by atoms with van der Waals surface area (Å²) in [5.74, 6) is 0.726. The lowest BCUT2D eigenvalue weighted by Crippen LogP contribution is -2.36. The van der Waals surface area contributed by atoms with E-state index in [0.717, 1.165) is 17.7 Å². The standard InChI is InChI=1S/C16H26O3/c1-6-16(5,18-7-2)15(17)13-10-8-9-11-14(13)19-12(3)4/h8-12,15,17H,6-7H2,1-5H3. The molecule has 0 fully saturated rings. The second-order valence-electron chi connectivity index (χ2n) is 5.21. The average molecular weight is 266 g/mol. The van der Waals surface area contributed by atoms with Crippen LogP contribution in [0.5, 0.6) is 5.75 Å². The summed E-state index contributed by atoms with van der Waals surface area (Å²) in [5, 5.41) is 10.7. The number of hydrogen-bond acceptors (Lipinski definition) is 3. The van der Waals surface area contributed by atoms with Crippen molar-refractivity contribution in [3.63, 3.8) is 0 Å². The maximum Gasteiger partial charge on any atom is 0.125 e. The van der Waals surface area contributed by atoms with Crippen molar-refractivity contribution in [3.8, 4) is 5.75 Å². The summed E-state index contributed by atoms with van der Waals surface area (Å²) in [7, 11) is 0. The van der Waals surface area contributed by atoms with Crippen molar-refractivity contribution in [1.82, 2.24) is 0 Å². The van der Waals surface area contributed by atoms with Gasteiger partial charge < -0.3 is 14.6 Å². The van der Waals surface area contributed by atoms with Crippen LogP contribution >= 0.6 is 0 Å². The fourth-order valence-electron chi connectivity index (χ4n) is 2.10. The maximum absolute atomic E-state index is 10.7. The van der Waals surface area contributed by atoms with Crippen molar-refractivity contribution in [1.29, 1.82) is 0 Å². The molecule has 0 bridgehead atoms. The van der Waals surface area contributed by atoms with Crippen LogP contribution in [0.3, 0.4) is 0 Å². The molecule has 3 nitrogen and oxygen atoms in total. The molecular weight excluding hydrogens is 240 g/mol. The van der Waals surface area contributed by atoms with Gasteiger partial charge in [0.05, 0.1) is 11.7 Å². The van der Waals surface area contributed by atoms with Crippen LogP contribution < -0.4 is 4.74 Å².